The number of hydrogen-bond donors (Lipinski definition) is 1. The second kappa shape index (κ2) is 7.06. The Kier molecular flexibility index (Phi) is 5.40. The van der Waals surface area contributed by atoms with Crippen LogP contribution in [0, 0.1) is 5.92 Å². The number of rotatable bonds is 7. The molecule has 1 saturated heterocycles. The van der Waals surface area contributed by atoms with Crippen LogP contribution in [0.3, 0.4) is 0 Å². The topological polar surface area (TPSA) is 33.1 Å². The largest absolute Gasteiger partial charge is 0.319 e. The van der Waals surface area contributed by atoms with Crippen molar-refractivity contribution in [2.24, 2.45) is 5.92 Å². The van der Waals surface area contributed by atoms with Gasteiger partial charge in [0.05, 0.1) is 6.20 Å². The zero-order valence-corrected chi connectivity index (χ0v) is 12.6. The summed E-state index contributed by atoms with van der Waals surface area (Å²) < 4.78 is 2.09. The Hall–Kier alpha value is -0.870. The molecule has 2 heterocycles. The summed E-state index contributed by atoms with van der Waals surface area (Å²) in [5.41, 5.74) is 1.40. The smallest absolute Gasteiger partial charge is 0.0537 e. The Labute approximate surface area is 117 Å². The average Bonchev–Trinajstić information content (AvgIpc) is 2.98. The highest BCUT2D eigenvalue weighted by molar-refractivity contribution is 5.14. The highest BCUT2D eigenvalue weighted by atomic mass is 15.3. The van der Waals surface area contributed by atoms with E-state index in [2.05, 4.69) is 53.3 Å². The maximum absolute atomic E-state index is 4.51. The first kappa shape index (κ1) is 14.5. The molecule has 0 radical (unpaired) electrons. The van der Waals surface area contributed by atoms with Gasteiger partial charge in [-0.2, -0.15) is 5.10 Å². The third-order valence-electron chi connectivity index (χ3n) is 4.05. The van der Waals surface area contributed by atoms with E-state index in [1.165, 1.54) is 31.5 Å². The fourth-order valence-corrected chi connectivity index (χ4v) is 3.31. The van der Waals surface area contributed by atoms with E-state index < -0.39 is 0 Å². The van der Waals surface area contributed by atoms with E-state index in [0.29, 0.717) is 6.04 Å². The standard InChI is InChI=1S/C15H28N4/c1-4-7-18-9-6-13(10-16-3)15(18)14-11-17-19(12-14)8-5-2/h11-13,15-16H,4-10H2,1-3H3. The van der Waals surface area contributed by atoms with E-state index in [0.717, 1.165) is 25.4 Å². The Morgan fingerprint density at radius 1 is 1.32 bits per heavy atom. The molecule has 0 bridgehead atoms. The number of aromatic nitrogens is 2. The summed E-state index contributed by atoms with van der Waals surface area (Å²) in [5.74, 6) is 0.718. The van der Waals surface area contributed by atoms with Crippen LogP contribution in [0.5, 0.6) is 0 Å². The second-order valence-corrected chi connectivity index (χ2v) is 5.62. The predicted octanol–water partition coefficient (Wildman–Crippen LogP) is 2.29. The minimum absolute atomic E-state index is 0.554. The van der Waals surface area contributed by atoms with Crippen molar-refractivity contribution >= 4 is 0 Å². The molecule has 1 N–H and O–H groups in total. The Balaban J connectivity index is 2.14. The maximum Gasteiger partial charge on any atom is 0.0537 e. The van der Waals surface area contributed by atoms with Gasteiger partial charge in [-0.15, -0.1) is 0 Å². The molecule has 0 aromatic carbocycles. The zero-order chi connectivity index (χ0) is 13.7. The third kappa shape index (κ3) is 3.37. The van der Waals surface area contributed by atoms with Gasteiger partial charge in [0, 0.05) is 24.3 Å². The molecule has 4 heteroatoms. The van der Waals surface area contributed by atoms with E-state index in [1.807, 2.05) is 0 Å². The monoisotopic (exact) mass is 264 g/mol. The van der Waals surface area contributed by atoms with Gasteiger partial charge in [-0.05, 0) is 51.9 Å². The van der Waals surface area contributed by atoms with E-state index in [4.69, 9.17) is 0 Å². The van der Waals surface area contributed by atoms with Gasteiger partial charge in [0.1, 0.15) is 0 Å². The van der Waals surface area contributed by atoms with Crippen molar-refractivity contribution in [2.75, 3.05) is 26.7 Å². The molecule has 0 spiro atoms. The van der Waals surface area contributed by atoms with Crippen LogP contribution in [0.25, 0.3) is 0 Å². The molecule has 0 saturated carbocycles. The van der Waals surface area contributed by atoms with Crippen molar-refractivity contribution in [1.82, 2.24) is 20.0 Å². The van der Waals surface area contributed by atoms with Crippen molar-refractivity contribution in [3.63, 3.8) is 0 Å². The lowest BCUT2D eigenvalue weighted by molar-refractivity contribution is 0.227. The fraction of sp³-hybridized carbons (Fsp3) is 0.800. The van der Waals surface area contributed by atoms with Crippen LogP contribution in [0.2, 0.25) is 0 Å². The van der Waals surface area contributed by atoms with Gasteiger partial charge in [-0.25, -0.2) is 0 Å². The fourth-order valence-electron chi connectivity index (χ4n) is 3.31. The molecule has 108 valence electrons. The molecule has 2 atom stereocenters. The first-order chi connectivity index (χ1) is 9.30. The zero-order valence-electron chi connectivity index (χ0n) is 12.6. The first-order valence-electron chi connectivity index (χ1n) is 7.71. The minimum Gasteiger partial charge on any atom is -0.319 e. The minimum atomic E-state index is 0.554. The molecule has 19 heavy (non-hydrogen) atoms. The molecule has 2 rings (SSSR count). The molecule has 0 aliphatic carbocycles. The van der Waals surface area contributed by atoms with Crippen LogP contribution in [-0.2, 0) is 6.54 Å². The Morgan fingerprint density at radius 3 is 2.79 bits per heavy atom. The highest BCUT2D eigenvalue weighted by Crippen LogP contribution is 2.36. The Morgan fingerprint density at radius 2 is 2.11 bits per heavy atom. The first-order valence-corrected chi connectivity index (χ1v) is 7.71. The predicted molar refractivity (Wildman–Crippen MR) is 79.2 cm³/mol. The van der Waals surface area contributed by atoms with Crippen LogP contribution in [-0.4, -0.2) is 41.4 Å². The van der Waals surface area contributed by atoms with Crippen LogP contribution in [0.4, 0.5) is 0 Å². The normalized spacial score (nSPS) is 24.2. The summed E-state index contributed by atoms with van der Waals surface area (Å²) in [5, 5.41) is 7.86. The van der Waals surface area contributed by atoms with Gasteiger partial charge in [0.15, 0.2) is 0 Å². The number of aryl methyl sites for hydroxylation is 1. The molecule has 1 aromatic rings. The van der Waals surface area contributed by atoms with Crippen LogP contribution in [0.15, 0.2) is 12.4 Å². The molecule has 1 fully saturated rings. The van der Waals surface area contributed by atoms with Gasteiger partial charge in [0.2, 0.25) is 0 Å². The Bertz CT molecular complexity index is 360. The van der Waals surface area contributed by atoms with Crippen molar-refractivity contribution in [2.45, 2.75) is 45.7 Å². The van der Waals surface area contributed by atoms with Crippen molar-refractivity contribution in [1.29, 1.82) is 0 Å². The third-order valence-corrected chi connectivity index (χ3v) is 4.05. The van der Waals surface area contributed by atoms with Crippen LogP contribution in [0.1, 0.15) is 44.7 Å². The molecule has 1 aliphatic heterocycles. The quantitative estimate of drug-likeness (QED) is 0.820. The average molecular weight is 264 g/mol. The molecular formula is C15H28N4. The summed E-state index contributed by atoms with van der Waals surface area (Å²) in [7, 11) is 2.06. The number of likely N-dealkylation sites (tertiary alicyclic amines) is 1. The molecular weight excluding hydrogens is 236 g/mol. The van der Waals surface area contributed by atoms with Crippen LogP contribution >= 0.6 is 0 Å². The number of hydrogen-bond acceptors (Lipinski definition) is 3. The van der Waals surface area contributed by atoms with Gasteiger partial charge < -0.3 is 5.32 Å². The maximum atomic E-state index is 4.51. The lowest BCUT2D eigenvalue weighted by Crippen LogP contribution is -2.29. The SMILES string of the molecule is CCCN1CCC(CNC)C1c1cnn(CCC)c1. The van der Waals surface area contributed by atoms with Gasteiger partial charge in [-0.3, -0.25) is 9.58 Å². The lowest BCUT2D eigenvalue weighted by Gasteiger charge is -2.27. The lowest BCUT2D eigenvalue weighted by atomic mass is 9.95. The van der Waals surface area contributed by atoms with E-state index in [9.17, 15) is 0 Å². The van der Waals surface area contributed by atoms with Crippen molar-refractivity contribution < 1.29 is 0 Å². The van der Waals surface area contributed by atoms with E-state index in [-0.39, 0.29) is 0 Å². The molecule has 0 amide bonds. The van der Waals surface area contributed by atoms with Gasteiger partial charge >= 0.3 is 0 Å². The molecule has 2 unspecified atom stereocenters. The van der Waals surface area contributed by atoms with Gasteiger partial charge in [-0.1, -0.05) is 13.8 Å². The van der Waals surface area contributed by atoms with Crippen molar-refractivity contribution in [3.8, 4) is 0 Å². The highest BCUT2D eigenvalue weighted by Gasteiger charge is 2.34. The molecule has 1 aromatic heterocycles. The van der Waals surface area contributed by atoms with Gasteiger partial charge in [0.25, 0.3) is 0 Å². The second-order valence-electron chi connectivity index (χ2n) is 5.62. The summed E-state index contributed by atoms with van der Waals surface area (Å²) in [6.45, 7) is 9.02. The molecule has 1 aliphatic rings. The summed E-state index contributed by atoms with van der Waals surface area (Å²) >= 11 is 0. The van der Waals surface area contributed by atoms with E-state index in [1.54, 1.807) is 0 Å². The summed E-state index contributed by atoms with van der Waals surface area (Å²) in [6, 6.07) is 0.554. The number of nitrogens with one attached hydrogen (secondary N) is 1. The molecule has 4 nitrogen and oxygen atoms in total. The summed E-state index contributed by atoms with van der Waals surface area (Å²) in [6.07, 6.45) is 8.00. The van der Waals surface area contributed by atoms with Crippen molar-refractivity contribution in [3.05, 3.63) is 18.0 Å². The van der Waals surface area contributed by atoms with E-state index >= 15 is 0 Å². The van der Waals surface area contributed by atoms with Crippen LogP contribution < -0.4 is 5.32 Å². The number of nitrogens with zero attached hydrogens (tertiary/aromatic N) is 3. The summed E-state index contributed by atoms with van der Waals surface area (Å²) in [4.78, 5) is 2.63.